The molecule has 0 N–H and O–H groups in total. The molecule has 22 heavy (non-hydrogen) atoms. The molecule has 7 heteroatoms. The van der Waals surface area contributed by atoms with Crippen LogP contribution < -0.4 is 4.90 Å². The molecule has 3 saturated heterocycles. The summed E-state index contributed by atoms with van der Waals surface area (Å²) in [6.07, 6.45) is 4.20. The molecule has 0 spiro atoms. The van der Waals surface area contributed by atoms with E-state index in [2.05, 4.69) is 9.88 Å². The number of imide groups is 1. The van der Waals surface area contributed by atoms with Crippen LogP contribution in [0.15, 0.2) is 18.3 Å². The van der Waals surface area contributed by atoms with Crippen LogP contribution in [0.4, 0.5) is 10.6 Å². The molecule has 3 aliphatic heterocycles. The highest BCUT2D eigenvalue weighted by atomic mass is 35.5. The quantitative estimate of drug-likeness (QED) is 0.779. The van der Waals surface area contributed by atoms with Crippen LogP contribution in [0, 0.1) is 0 Å². The minimum atomic E-state index is -0.222. The summed E-state index contributed by atoms with van der Waals surface area (Å²) in [5.74, 6) is 0.702. The van der Waals surface area contributed by atoms with E-state index >= 15 is 0 Å². The number of pyridine rings is 1. The SMILES string of the molecule is O=C1[C@H]2CCCN2C(=O)N1C1CCN(c2ncccc2Cl)C1. The molecule has 116 valence electrons. The van der Waals surface area contributed by atoms with Gasteiger partial charge in [-0.2, -0.15) is 0 Å². The van der Waals surface area contributed by atoms with Crippen molar-refractivity contribution in [2.75, 3.05) is 24.5 Å². The third-order valence-electron chi connectivity index (χ3n) is 4.79. The summed E-state index contributed by atoms with van der Waals surface area (Å²) in [4.78, 5) is 34.5. The van der Waals surface area contributed by atoms with E-state index in [0.29, 0.717) is 18.1 Å². The highest BCUT2D eigenvalue weighted by Crippen LogP contribution is 2.33. The zero-order valence-corrected chi connectivity index (χ0v) is 12.9. The van der Waals surface area contributed by atoms with Crippen LogP contribution in [-0.2, 0) is 4.79 Å². The van der Waals surface area contributed by atoms with Crippen LogP contribution in [0.1, 0.15) is 19.3 Å². The Morgan fingerprint density at radius 3 is 2.86 bits per heavy atom. The maximum Gasteiger partial charge on any atom is 0.327 e. The largest absolute Gasteiger partial charge is 0.353 e. The number of urea groups is 1. The summed E-state index contributed by atoms with van der Waals surface area (Å²) in [5.41, 5.74) is 0. The summed E-state index contributed by atoms with van der Waals surface area (Å²) in [5, 5.41) is 0.600. The summed E-state index contributed by atoms with van der Waals surface area (Å²) >= 11 is 6.19. The molecular weight excluding hydrogens is 304 g/mol. The molecule has 1 unspecified atom stereocenters. The average molecular weight is 321 g/mol. The van der Waals surface area contributed by atoms with Crippen LogP contribution in [0.25, 0.3) is 0 Å². The molecule has 3 aliphatic rings. The van der Waals surface area contributed by atoms with Gasteiger partial charge in [-0.05, 0) is 31.4 Å². The number of amides is 3. The van der Waals surface area contributed by atoms with Gasteiger partial charge in [-0.1, -0.05) is 11.6 Å². The van der Waals surface area contributed by atoms with E-state index in [1.807, 2.05) is 0 Å². The molecule has 1 aromatic rings. The summed E-state index contributed by atoms with van der Waals surface area (Å²) in [6.45, 7) is 2.06. The Morgan fingerprint density at radius 1 is 1.23 bits per heavy atom. The van der Waals surface area contributed by atoms with Crippen molar-refractivity contribution in [1.82, 2.24) is 14.8 Å². The minimum Gasteiger partial charge on any atom is -0.353 e. The number of aromatic nitrogens is 1. The fraction of sp³-hybridized carbons (Fsp3) is 0.533. The monoisotopic (exact) mass is 320 g/mol. The summed E-state index contributed by atoms with van der Waals surface area (Å²) in [7, 11) is 0. The third-order valence-corrected chi connectivity index (χ3v) is 5.09. The number of halogens is 1. The van der Waals surface area contributed by atoms with Gasteiger partial charge >= 0.3 is 6.03 Å². The molecule has 4 rings (SSSR count). The first-order valence-corrected chi connectivity index (χ1v) is 8.04. The van der Waals surface area contributed by atoms with E-state index in [9.17, 15) is 9.59 Å². The van der Waals surface area contributed by atoms with Gasteiger partial charge < -0.3 is 9.80 Å². The topological polar surface area (TPSA) is 56.8 Å². The molecule has 1 aromatic heterocycles. The van der Waals surface area contributed by atoms with Crippen LogP contribution >= 0.6 is 11.6 Å². The fourth-order valence-electron chi connectivity index (χ4n) is 3.74. The van der Waals surface area contributed by atoms with Gasteiger partial charge in [-0.3, -0.25) is 9.69 Å². The van der Waals surface area contributed by atoms with Crippen molar-refractivity contribution >= 4 is 29.4 Å². The normalized spacial score (nSPS) is 28.0. The van der Waals surface area contributed by atoms with Crippen molar-refractivity contribution in [3.63, 3.8) is 0 Å². The second-order valence-electron chi connectivity index (χ2n) is 6.04. The maximum absolute atomic E-state index is 12.5. The number of hydrogen-bond donors (Lipinski definition) is 0. The minimum absolute atomic E-state index is 0.0264. The first-order chi connectivity index (χ1) is 10.7. The molecule has 3 fully saturated rings. The van der Waals surface area contributed by atoms with Crippen LogP contribution in [-0.4, -0.2) is 58.4 Å². The lowest BCUT2D eigenvalue weighted by Crippen LogP contribution is -2.43. The number of hydrogen-bond acceptors (Lipinski definition) is 4. The Labute approximate surface area is 133 Å². The van der Waals surface area contributed by atoms with Gasteiger partial charge in [0.15, 0.2) is 0 Å². The molecule has 6 nitrogen and oxygen atoms in total. The van der Waals surface area contributed by atoms with E-state index < -0.39 is 0 Å². The van der Waals surface area contributed by atoms with Crippen molar-refractivity contribution in [3.8, 4) is 0 Å². The molecule has 0 aromatic carbocycles. The van der Waals surface area contributed by atoms with Crippen LogP contribution in [0.5, 0.6) is 0 Å². The number of anilines is 1. The summed E-state index contributed by atoms with van der Waals surface area (Å²) in [6, 6.07) is 3.18. The smallest absolute Gasteiger partial charge is 0.327 e. The predicted molar refractivity (Wildman–Crippen MR) is 81.8 cm³/mol. The van der Waals surface area contributed by atoms with Gasteiger partial charge in [0, 0.05) is 25.8 Å². The Morgan fingerprint density at radius 2 is 2.09 bits per heavy atom. The highest BCUT2D eigenvalue weighted by molar-refractivity contribution is 6.32. The average Bonchev–Trinajstić information content (AvgIpc) is 3.20. The van der Waals surface area contributed by atoms with Gasteiger partial charge in [-0.15, -0.1) is 0 Å². The zero-order chi connectivity index (χ0) is 15.3. The lowest BCUT2D eigenvalue weighted by molar-refractivity contribution is -0.129. The Balaban J connectivity index is 1.53. The first-order valence-electron chi connectivity index (χ1n) is 7.66. The van der Waals surface area contributed by atoms with E-state index in [1.165, 1.54) is 4.90 Å². The van der Waals surface area contributed by atoms with Crippen LogP contribution in [0.2, 0.25) is 5.02 Å². The Kier molecular flexibility index (Phi) is 3.22. The molecule has 0 bridgehead atoms. The Hall–Kier alpha value is -1.82. The molecular formula is C15H17ClN4O2. The van der Waals surface area contributed by atoms with Gasteiger partial charge in [0.1, 0.15) is 11.9 Å². The van der Waals surface area contributed by atoms with Crippen molar-refractivity contribution in [3.05, 3.63) is 23.4 Å². The zero-order valence-electron chi connectivity index (χ0n) is 12.1. The van der Waals surface area contributed by atoms with Crippen molar-refractivity contribution in [2.24, 2.45) is 0 Å². The van der Waals surface area contributed by atoms with Gasteiger partial charge in [0.05, 0.1) is 11.1 Å². The number of carbonyl (C=O) groups is 2. The number of nitrogens with zero attached hydrogens (tertiary/aromatic N) is 4. The van der Waals surface area contributed by atoms with E-state index in [0.717, 1.165) is 31.6 Å². The van der Waals surface area contributed by atoms with Gasteiger partial charge in [-0.25, -0.2) is 9.78 Å². The second-order valence-corrected chi connectivity index (χ2v) is 6.45. The molecule has 4 heterocycles. The molecule has 0 radical (unpaired) electrons. The van der Waals surface area contributed by atoms with E-state index in [-0.39, 0.29) is 24.0 Å². The van der Waals surface area contributed by atoms with E-state index in [1.54, 1.807) is 23.2 Å². The lowest BCUT2D eigenvalue weighted by Gasteiger charge is -2.23. The standard InChI is InChI=1S/C15H17ClN4O2/c16-11-3-1-6-17-13(11)18-8-5-10(9-18)20-14(21)12-4-2-7-19(12)15(20)22/h1,3,6,10,12H,2,4-5,7-9H2/t10?,12-/m1/s1. The lowest BCUT2D eigenvalue weighted by atomic mass is 10.2. The van der Waals surface area contributed by atoms with Crippen molar-refractivity contribution in [2.45, 2.75) is 31.3 Å². The number of carbonyl (C=O) groups excluding carboxylic acids is 2. The molecule has 3 amide bonds. The van der Waals surface area contributed by atoms with Gasteiger partial charge in [0.25, 0.3) is 5.91 Å². The van der Waals surface area contributed by atoms with Crippen LogP contribution in [0.3, 0.4) is 0 Å². The highest BCUT2D eigenvalue weighted by Gasteiger charge is 2.50. The summed E-state index contributed by atoms with van der Waals surface area (Å²) < 4.78 is 0. The van der Waals surface area contributed by atoms with Crippen molar-refractivity contribution in [1.29, 1.82) is 0 Å². The number of rotatable bonds is 2. The van der Waals surface area contributed by atoms with Crippen molar-refractivity contribution < 1.29 is 9.59 Å². The maximum atomic E-state index is 12.5. The molecule has 0 aliphatic carbocycles. The molecule has 2 atom stereocenters. The molecule has 0 saturated carbocycles. The van der Waals surface area contributed by atoms with E-state index in [4.69, 9.17) is 11.6 Å². The Bertz CT molecular complexity index is 616. The first kappa shape index (κ1) is 13.8. The predicted octanol–water partition coefficient (Wildman–Crippen LogP) is 1.74. The number of fused-ring (bicyclic) bond motifs is 1. The fourth-order valence-corrected chi connectivity index (χ4v) is 3.98. The second kappa shape index (κ2) is 5.12. The van der Waals surface area contributed by atoms with Gasteiger partial charge in [0.2, 0.25) is 0 Å². The third kappa shape index (κ3) is 1.97.